The second kappa shape index (κ2) is 8.03. The van der Waals surface area contributed by atoms with Crippen LogP contribution >= 0.6 is 0 Å². The Bertz CT molecular complexity index is 787. The van der Waals surface area contributed by atoms with Gasteiger partial charge in [-0.1, -0.05) is 33.8 Å². The normalized spacial score (nSPS) is 14.9. The lowest BCUT2D eigenvalue weighted by Gasteiger charge is -2.36. The van der Waals surface area contributed by atoms with E-state index >= 15 is 0 Å². The van der Waals surface area contributed by atoms with Crippen LogP contribution in [0.3, 0.4) is 0 Å². The van der Waals surface area contributed by atoms with Gasteiger partial charge in [0.25, 0.3) is 5.91 Å². The fraction of sp³-hybridized carbons (Fsp3) is 0.476. The summed E-state index contributed by atoms with van der Waals surface area (Å²) >= 11 is 0. The van der Waals surface area contributed by atoms with E-state index in [4.69, 9.17) is 4.98 Å². The standard InChI is InChI=1S/C21H27FN4O/c1-14(2)18-13-19(24-20(23-18)15(3)4)25-8-10-26(11-9-25)21(27)16-6-5-7-17(22)12-16/h5-7,12-15H,8-11H2,1-4H3. The zero-order chi connectivity index (χ0) is 19.6. The highest BCUT2D eigenvalue weighted by atomic mass is 19.1. The molecule has 1 aliphatic rings. The summed E-state index contributed by atoms with van der Waals surface area (Å²) < 4.78 is 13.4. The SMILES string of the molecule is CC(C)c1cc(N2CCN(C(=O)c3cccc(F)c3)CC2)nc(C(C)C)n1. The predicted molar refractivity (Wildman–Crippen MR) is 105 cm³/mol. The monoisotopic (exact) mass is 370 g/mol. The van der Waals surface area contributed by atoms with Crippen molar-refractivity contribution in [3.8, 4) is 0 Å². The molecular formula is C21H27FN4O. The predicted octanol–water partition coefficient (Wildman–Crippen LogP) is 3.82. The summed E-state index contributed by atoms with van der Waals surface area (Å²) in [5.74, 6) is 1.87. The van der Waals surface area contributed by atoms with E-state index in [1.54, 1.807) is 17.0 Å². The molecule has 0 unspecified atom stereocenters. The molecule has 1 amide bonds. The molecule has 1 aromatic carbocycles. The summed E-state index contributed by atoms with van der Waals surface area (Å²) in [6.45, 7) is 11.0. The molecule has 0 aliphatic carbocycles. The van der Waals surface area contributed by atoms with Crippen LogP contribution in [0.4, 0.5) is 10.2 Å². The van der Waals surface area contributed by atoms with Crippen LogP contribution in [0.25, 0.3) is 0 Å². The summed E-state index contributed by atoms with van der Waals surface area (Å²) in [4.78, 5) is 26.0. The van der Waals surface area contributed by atoms with Crippen molar-refractivity contribution in [2.45, 2.75) is 39.5 Å². The first kappa shape index (κ1) is 19.3. The van der Waals surface area contributed by atoms with E-state index in [1.165, 1.54) is 12.1 Å². The fourth-order valence-corrected chi connectivity index (χ4v) is 3.13. The summed E-state index contributed by atoms with van der Waals surface area (Å²) in [5, 5.41) is 0. The van der Waals surface area contributed by atoms with Crippen LogP contribution in [0.2, 0.25) is 0 Å². The third-order valence-electron chi connectivity index (χ3n) is 4.82. The number of carbonyl (C=O) groups excluding carboxylic acids is 1. The number of piperazine rings is 1. The summed E-state index contributed by atoms with van der Waals surface area (Å²) in [5.41, 5.74) is 1.44. The lowest BCUT2D eigenvalue weighted by Crippen LogP contribution is -2.49. The molecule has 0 atom stereocenters. The number of hydrogen-bond acceptors (Lipinski definition) is 4. The quantitative estimate of drug-likeness (QED) is 0.821. The molecule has 0 spiro atoms. The molecule has 0 saturated carbocycles. The van der Waals surface area contributed by atoms with Crippen LogP contribution in [-0.4, -0.2) is 47.0 Å². The van der Waals surface area contributed by atoms with Crippen LogP contribution in [0, 0.1) is 5.82 Å². The van der Waals surface area contributed by atoms with Gasteiger partial charge in [0.05, 0.1) is 0 Å². The van der Waals surface area contributed by atoms with Gasteiger partial charge in [-0.3, -0.25) is 4.79 Å². The van der Waals surface area contributed by atoms with E-state index in [0.29, 0.717) is 37.7 Å². The van der Waals surface area contributed by atoms with Crippen LogP contribution in [0.1, 0.15) is 61.4 Å². The third kappa shape index (κ3) is 4.43. The van der Waals surface area contributed by atoms with Crippen LogP contribution in [0.5, 0.6) is 0 Å². The molecule has 0 N–H and O–H groups in total. The average Bonchev–Trinajstić information content (AvgIpc) is 2.67. The Morgan fingerprint density at radius 2 is 1.70 bits per heavy atom. The van der Waals surface area contributed by atoms with Crippen molar-refractivity contribution >= 4 is 11.7 Å². The number of anilines is 1. The molecule has 1 saturated heterocycles. The van der Waals surface area contributed by atoms with E-state index in [0.717, 1.165) is 17.3 Å². The summed E-state index contributed by atoms with van der Waals surface area (Å²) in [6, 6.07) is 7.93. The van der Waals surface area contributed by atoms with E-state index in [-0.39, 0.29) is 17.6 Å². The van der Waals surface area contributed by atoms with E-state index in [9.17, 15) is 9.18 Å². The molecule has 3 rings (SSSR count). The fourth-order valence-electron chi connectivity index (χ4n) is 3.13. The number of aromatic nitrogens is 2. The minimum Gasteiger partial charge on any atom is -0.353 e. The number of benzene rings is 1. The molecule has 2 aromatic rings. The highest BCUT2D eigenvalue weighted by Gasteiger charge is 2.24. The lowest BCUT2D eigenvalue weighted by atomic mass is 10.1. The first-order chi connectivity index (χ1) is 12.8. The molecule has 27 heavy (non-hydrogen) atoms. The van der Waals surface area contributed by atoms with E-state index in [1.807, 2.05) is 0 Å². The molecule has 1 aromatic heterocycles. The van der Waals surface area contributed by atoms with Crippen molar-refractivity contribution in [1.82, 2.24) is 14.9 Å². The Hall–Kier alpha value is -2.50. The molecule has 2 heterocycles. The molecule has 6 heteroatoms. The number of nitrogens with zero attached hydrogens (tertiary/aromatic N) is 4. The average molecular weight is 370 g/mol. The van der Waals surface area contributed by atoms with Crippen molar-refractivity contribution in [3.05, 3.63) is 53.2 Å². The molecule has 0 bridgehead atoms. The minimum atomic E-state index is -0.386. The second-order valence-electron chi connectivity index (χ2n) is 7.61. The van der Waals surface area contributed by atoms with Gasteiger partial charge in [-0.25, -0.2) is 14.4 Å². The van der Waals surface area contributed by atoms with Gasteiger partial charge in [0.15, 0.2) is 0 Å². The number of hydrogen-bond donors (Lipinski definition) is 0. The molecule has 144 valence electrons. The van der Waals surface area contributed by atoms with Gasteiger partial charge in [0, 0.05) is 49.4 Å². The first-order valence-corrected chi connectivity index (χ1v) is 9.54. The van der Waals surface area contributed by atoms with Gasteiger partial charge >= 0.3 is 0 Å². The second-order valence-corrected chi connectivity index (χ2v) is 7.61. The first-order valence-electron chi connectivity index (χ1n) is 9.54. The maximum atomic E-state index is 13.4. The molecule has 0 radical (unpaired) electrons. The van der Waals surface area contributed by atoms with Crippen molar-refractivity contribution in [1.29, 1.82) is 0 Å². The zero-order valence-corrected chi connectivity index (χ0v) is 16.4. The third-order valence-corrected chi connectivity index (χ3v) is 4.82. The largest absolute Gasteiger partial charge is 0.353 e. The maximum absolute atomic E-state index is 13.4. The van der Waals surface area contributed by atoms with E-state index in [2.05, 4.69) is 43.6 Å². The smallest absolute Gasteiger partial charge is 0.254 e. The number of halogens is 1. The Morgan fingerprint density at radius 1 is 1.00 bits per heavy atom. The van der Waals surface area contributed by atoms with Gasteiger partial charge in [-0.05, 0) is 24.1 Å². The van der Waals surface area contributed by atoms with Crippen molar-refractivity contribution in [3.63, 3.8) is 0 Å². The molecule has 5 nitrogen and oxygen atoms in total. The Labute approximate surface area is 160 Å². The van der Waals surface area contributed by atoms with E-state index < -0.39 is 0 Å². The van der Waals surface area contributed by atoms with Gasteiger partial charge in [0.2, 0.25) is 0 Å². The Kier molecular flexibility index (Phi) is 5.73. The highest BCUT2D eigenvalue weighted by molar-refractivity contribution is 5.94. The Morgan fingerprint density at radius 3 is 2.30 bits per heavy atom. The van der Waals surface area contributed by atoms with Crippen LogP contribution in [-0.2, 0) is 0 Å². The van der Waals surface area contributed by atoms with Crippen molar-refractivity contribution < 1.29 is 9.18 Å². The highest BCUT2D eigenvalue weighted by Crippen LogP contribution is 2.23. The van der Waals surface area contributed by atoms with Crippen molar-refractivity contribution in [2.24, 2.45) is 0 Å². The van der Waals surface area contributed by atoms with Gasteiger partial charge < -0.3 is 9.80 Å². The summed E-state index contributed by atoms with van der Waals surface area (Å²) in [6.07, 6.45) is 0. The van der Waals surface area contributed by atoms with Gasteiger partial charge in [0.1, 0.15) is 17.5 Å². The maximum Gasteiger partial charge on any atom is 0.254 e. The number of amides is 1. The lowest BCUT2D eigenvalue weighted by molar-refractivity contribution is 0.0746. The summed E-state index contributed by atoms with van der Waals surface area (Å²) in [7, 11) is 0. The Balaban J connectivity index is 1.73. The van der Waals surface area contributed by atoms with Crippen LogP contribution < -0.4 is 4.90 Å². The number of carbonyl (C=O) groups is 1. The molecular weight excluding hydrogens is 343 g/mol. The van der Waals surface area contributed by atoms with Crippen LogP contribution in [0.15, 0.2) is 30.3 Å². The molecule has 1 aliphatic heterocycles. The zero-order valence-electron chi connectivity index (χ0n) is 16.4. The van der Waals surface area contributed by atoms with Gasteiger partial charge in [-0.2, -0.15) is 0 Å². The minimum absolute atomic E-state index is 0.123. The number of rotatable bonds is 4. The van der Waals surface area contributed by atoms with Gasteiger partial charge in [-0.15, -0.1) is 0 Å². The molecule has 1 fully saturated rings. The van der Waals surface area contributed by atoms with Crippen molar-refractivity contribution in [2.75, 3.05) is 31.1 Å². The topological polar surface area (TPSA) is 49.3 Å².